The van der Waals surface area contributed by atoms with Crippen molar-refractivity contribution in [1.29, 1.82) is 0 Å². The van der Waals surface area contributed by atoms with E-state index in [1.165, 1.54) is 16.3 Å². The zero-order valence-electron chi connectivity index (χ0n) is 16.2. The second-order valence-corrected chi connectivity index (χ2v) is 9.59. The number of rotatable bonds is 7. The molecule has 2 aliphatic heterocycles. The summed E-state index contributed by atoms with van der Waals surface area (Å²) >= 11 is 1.40. The minimum Gasteiger partial charge on any atom is -0.756 e. The Kier molecular flexibility index (Phi) is 6.22. The Labute approximate surface area is 175 Å². The summed E-state index contributed by atoms with van der Waals surface area (Å²) in [5, 5.41) is 11.2. The number of phosphoric ester groups is 1. The number of imidazole rings is 1. The molecule has 0 radical (unpaired) electrons. The molecule has 14 heteroatoms. The van der Waals surface area contributed by atoms with Crippen LogP contribution in [0.25, 0.3) is 11.2 Å². The first kappa shape index (κ1) is 21.8. The zero-order valence-corrected chi connectivity index (χ0v) is 17.9. The van der Waals surface area contributed by atoms with Crippen LogP contribution in [0.1, 0.15) is 38.8 Å². The summed E-state index contributed by atoms with van der Waals surface area (Å²) in [5.41, 5.74) is 5.38. The average molecular weight is 460 g/mol. The van der Waals surface area contributed by atoms with Crippen molar-refractivity contribution in [3.05, 3.63) is 10.4 Å². The third kappa shape index (κ3) is 4.15. The standard InChI is InChI=1S/C16H24N5O7PS/c1-2-3-4-5-6-30-16-18-9-12(19-15(17)20-13(9)23)21(16)14-10(22)11-8(27-14)7-26-29(24,25)28-11/h8,10-11,14,22H,2-7H2,1H3,(H,24,25)(H3,17,19,20,23)/p-1/t8?,10?,11-,14-/m1/s1. The van der Waals surface area contributed by atoms with Gasteiger partial charge in [0.2, 0.25) is 5.95 Å². The lowest BCUT2D eigenvalue weighted by Crippen LogP contribution is -2.41. The SMILES string of the molecule is CCCCCCSc1nc2c(=O)[nH]c(N)nc2n1[C@@H]1OC2COP(=O)([O-])O[C@H]2C1O. The van der Waals surface area contributed by atoms with E-state index >= 15 is 0 Å². The summed E-state index contributed by atoms with van der Waals surface area (Å²) < 4.78 is 28.6. The number of aliphatic hydroxyl groups excluding tert-OH is 1. The Balaban J connectivity index is 1.68. The van der Waals surface area contributed by atoms with Gasteiger partial charge in [-0.1, -0.05) is 37.9 Å². The van der Waals surface area contributed by atoms with Crippen molar-refractivity contribution in [2.24, 2.45) is 0 Å². The fourth-order valence-electron chi connectivity index (χ4n) is 3.55. The highest BCUT2D eigenvalue weighted by molar-refractivity contribution is 7.99. The first-order valence-corrected chi connectivity index (χ1v) is 12.1. The third-order valence-electron chi connectivity index (χ3n) is 4.98. The van der Waals surface area contributed by atoms with Crippen molar-refractivity contribution in [3.63, 3.8) is 0 Å². The van der Waals surface area contributed by atoms with Crippen LogP contribution in [0.5, 0.6) is 0 Å². The molecule has 30 heavy (non-hydrogen) atoms. The number of aromatic nitrogens is 4. The number of nitrogen functional groups attached to an aromatic ring is 1. The number of nitrogens with zero attached hydrogens (tertiary/aromatic N) is 3. The molecule has 166 valence electrons. The normalized spacial score (nSPS) is 31.3. The Bertz CT molecular complexity index is 1030. The number of hydrogen-bond acceptors (Lipinski definition) is 11. The van der Waals surface area contributed by atoms with Gasteiger partial charge in [-0.25, -0.2) is 4.98 Å². The van der Waals surface area contributed by atoms with Gasteiger partial charge in [-0.05, 0) is 6.42 Å². The van der Waals surface area contributed by atoms with E-state index in [9.17, 15) is 19.4 Å². The molecule has 0 amide bonds. The predicted molar refractivity (Wildman–Crippen MR) is 106 cm³/mol. The van der Waals surface area contributed by atoms with Gasteiger partial charge in [0, 0.05) is 5.75 Å². The van der Waals surface area contributed by atoms with Crippen LogP contribution in [0.15, 0.2) is 9.95 Å². The maximum absolute atomic E-state index is 12.3. The maximum Gasteiger partial charge on any atom is 0.280 e. The second-order valence-electron chi connectivity index (χ2n) is 7.17. The van der Waals surface area contributed by atoms with Crippen LogP contribution in [-0.2, 0) is 18.3 Å². The summed E-state index contributed by atoms with van der Waals surface area (Å²) in [5.74, 6) is 0.628. The predicted octanol–water partition coefficient (Wildman–Crippen LogP) is 0.516. The van der Waals surface area contributed by atoms with E-state index in [0.29, 0.717) is 5.16 Å². The van der Waals surface area contributed by atoms with Gasteiger partial charge < -0.3 is 29.5 Å². The number of thioether (sulfide) groups is 1. The minimum atomic E-state index is -4.51. The molecule has 2 saturated heterocycles. The van der Waals surface area contributed by atoms with Gasteiger partial charge >= 0.3 is 0 Å². The molecule has 2 aromatic heterocycles. The number of ether oxygens (including phenoxy) is 1. The van der Waals surface area contributed by atoms with E-state index in [1.54, 1.807) is 0 Å². The van der Waals surface area contributed by atoms with Crippen LogP contribution in [0, 0.1) is 0 Å². The molecular weight excluding hydrogens is 437 g/mol. The Morgan fingerprint density at radius 1 is 1.40 bits per heavy atom. The van der Waals surface area contributed by atoms with E-state index in [0.717, 1.165) is 31.4 Å². The van der Waals surface area contributed by atoms with Crippen molar-refractivity contribution in [2.75, 3.05) is 18.1 Å². The fraction of sp³-hybridized carbons (Fsp3) is 0.688. The van der Waals surface area contributed by atoms with E-state index in [1.807, 2.05) is 0 Å². The van der Waals surface area contributed by atoms with Crippen molar-refractivity contribution >= 4 is 36.7 Å². The molecule has 12 nitrogen and oxygen atoms in total. The summed E-state index contributed by atoms with van der Waals surface area (Å²) in [6.45, 7) is 1.85. The number of nitrogens with two attached hydrogens (primary N) is 1. The molecule has 2 fully saturated rings. The van der Waals surface area contributed by atoms with E-state index < -0.39 is 37.9 Å². The zero-order chi connectivity index (χ0) is 21.5. The van der Waals surface area contributed by atoms with Crippen LogP contribution >= 0.6 is 19.6 Å². The quantitative estimate of drug-likeness (QED) is 0.298. The van der Waals surface area contributed by atoms with E-state index in [-0.39, 0.29) is 23.7 Å². The van der Waals surface area contributed by atoms with Crippen molar-refractivity contribution < 1.29 is 28.3 Å². The summed E-state index contributed by atoms with van der Waals surface area (Å²) in [6.07, 6.45) is -0.117. The molecule has 2 aromatic rings. The molecule has 4 rings (SSSR count). The highest BCUT2D eigenvalue weighted by Crippen LogP contribution is 2.50. The highest BCUT2D eigenvalue weighted by Gasteiger charge is 2.51. The molecule has 4 heterocycles. The molecule has 2 aliphatic rings. The molecule has 0 aliphatic carbocycles. The fourth-order valence-corrected chi connectivity index (χ4v) is 5.51. The van der Waals surface area contributed by atoms with Crippen molar-refractivity contribution in [1.82, 2.24) is 19.5 Å². The number of hydrogen-bond donors (Lipinski definition) is 3. The molecular formula is C16H23N5O7PS-. The summed E-state index contributed by atoms with van der Waals surface area (Å²) in [4.78, 5) is 34.9. The highest BCUT2D eigenvalue weighted by atomic mass is 32.2. The van der Waals surface area contributed by atoms with Crippen LogP contribution < -0.4 is 16.2 Å². The molecule has 0 saturated carbocycles. The van der Waals surface area contributed by atoms with Crippen LogP contribution in [-0.4, -0.2) is 55.3 Å². The van der Waals surface area contributed by atoms with E-state index in [2.05, 4.69) is 26.4 Å². The lowest BCUT2D eigenvalue weighted by Gasteiger charge is -2.34. The van der Waals surface area contributed by atoms with Gasteiger partial charge in [-0.2, -0.15) is 4.98 Å². The Morgan fingerprint density at radius 2 is 2.20 bits per heavy atom. The van der Waals surface area contributed by atoms with Gasteiger partial charge in [-0.3, -0.25) is 18.9 Å². The third-order valence-corrected chi connectivity index (χ3v) is 6.98. The smallest absolute Gasteiger partial charge is 0.280 e. The first-order chi connectivity index (χ1) is 14.3. The van der Waals surface area contributed by atoms with Crippen molar-refractivity contribution in [2.45, 2.75) is 62.3 Å². The molecule has 4 N–H and O–H groups in total. The molecule has 0 spiro atoms. The summed E-state index contributed by atoms with van der Waals surface area (Å²) in [7, 11) is -4.51. The monoisotopic (exact) mass is 460 g/mol. The van der Waals surface area contributed by atoms with Crippen LogP contribution in [0.2, 0.25) is 0 Å². The summed E-state index contributed by atoms with van der Waals surface area (Å²) in [6, 6.07) is 0. The van der Waals surface area contributed by atoms with Crippen LogP contribution in [0.3, 0.4) is 0 Å². The minimum absolute atomic E-state index is 0.0533. The molecule has 0 bridgehead atoms. The molecule has 5 atom stereocenters. The van der Waals surface area contributed by atoms with Gasteiger partial charge in [0.05, 0.1) is 6.61 Å². The van der Waals surface area contributed by atoms with Crippen LogP contribution in [0.4, 0.5) is 5.95 Å². The number of phosphoric acid groups is 1. The topological polar surface area (TPSA) is 178 Å². The van der Waals surface area contributed by atoms with Gasteiger partial charge in [0.15, 0.2) is 22.5 Å². The van der Waals surface area contributed by atoms with Gasteiger partial charge in [0.1, 0.15) is 18.3 Å². The maximum atomic E-state index is 12.3. The first-order valence-electron chi connectivity index (χ1n) is 9.69. The number of aromatic amines is 1. The van der Waals surface area contributed by atoms with Gasteiger partial charge in [-0.15, -0.1) is 0 Å². The lowest BCUT2D eigenvalue weighted by molar-refractivity contribution is -0.245. The average Bonchev–Trinajstić information content (AvgIpc) is 3.19. The lowest BCUT2D eigenvalue weighted by atomic mass is 10.1. The number of H-pyrrole nitrogens is 1. The molecule has 3 unspecified atom stereocenters. The Hall–Kier alpha value is -1.47. The van der Waals surface area contributed by atoms with Gasteiger partial charge in [0.25, 0.3) is 13.4 Å². The largest absolute Gasteiger partial charge is 0.756 e. The second kappa shape index (κ2) is 8.58. The number of aliphatic hydroxyl groups is 1. The van der Waals surface area contributed by atoms with E-state index in [4.69, 9.17) is 15.0 Å². The number of nitrogens with one attached hydrogen (secondary N) is 1. The molecule has 0 aromatic carbocycles. The number of fused-ring (bicyclic) bond motifs is 2. The Morgan fingerprint density at radius 3 is 2.97 bits per heavy atom. The number of anilines is 1. The van der Waals surface area contributed by atoms with Crippen molar-refractivity contribution in [3.8, 4) is 0 Å². The number of unbranched alkanes of at least 4 members (excludes halogenated alkanes) is 3.